The molecular weight excluding hydrogens is 316 g/mol. The summed E-state index contributed by atoms with van der Waals surface area (Å²) in [5.41, 5.74) is 3.32. The highest BCUT2D eigenvalue weighted by Gasteiger charge is 2.13. The summed E-state index contributed by atoms with van der Waals surface area (Å²) in [4.78, 5) is 16.5. The fourth-order valence-corrected chi connectivity index (χ4v) is 2.61. The van der Waals surface area contributed by atoms with E-state index in [0.717, 1.165) is 17.0 Å². The van der Waals surface area contributed by atoms with Crippen LogP contribution in [0.2, 0.25) is 0 Å². The second kappa shape index (κ2) is 7.61. The molecular formula is C19H20N4O2. The topological polar surface area (TPSA) is 69.0 Å². The first-order valence-corrected chi connectivity index (χ1v) is 8.12. The van der Waals surface area contributed by atoms with E-state index in [-0.39, 0.29) is 5.91 Å². The molecule has 2 heterocycles. The molecule has 0 atom stereocenters. The van der Waals surface area contributed by atoms with Crippen molar-refractivity contribution in [1.82, 2.24) is 20.1 Å². The summed E-state index contributed by atoms with van der Waals surface area (Å²) in [6.07, 6.45) is 3.49. The summed E-state index contributed by atoms with van der Waals surface area (Å²) in [5, 5.41) is 7.36. The number of carbonyl (C=O) groups is 1. The number of nitrogens with one attached hydrogen (secondary N) is 1. The third-order valence-corrected chi connectivity index (χ3v) is 3.77. The van der Waals surface area contributed by atoms with Gasteiger partial charge in [0, 0.05) is 25.0 Å². The lowest BCUT2D eigenvalue weighted by Gasteiger charge is -2.09. The van der Waals surface area contributed by atoms with Crippen molar-refractivity contribution in [3.05, 3.63) is 66.1 Å². The molecule has 128 valence electrons. The Morgan fingerprint density at radius 1 is 1.20 bits per heavy atom. The van der Waals surface area contributed by atoms with E-state index in [1.54, 1.807) is 29.2 Å². The lowest BCUT2D eigenvalue weighted by molar-refractivity contribution is 0.0946. The van der Waals surface area contributed by atoms with Crippen LogP contribution in [0.1, 0.15) is 23.0 Å². The van der Waals surface area contributed by atoms with E-state index < -0.39 is 0 Å². The second-order valence-electron chi connectivity index (χ2n) is 5.49. The molecule has 25 heavy (non-hydrogen) atoms. The number of aryl methyl sites for hydroxylation is 1. The normalized spacial score (nSPS) is 10.5. The van der Waals surface area contributed by atoms with Gasteiger partial charge in [-0.05, 0) is 37.3 Å². The summed E-state index contributed by atoms with van der Waals surface area (Å²) in [6, 6.07) is 13.0. The molecule has 3 rings (SSSR count). The van der Waals surface area contributed by atoms with E-state index >= 15 is 0 Å². The summed E-state index contributed by atoms with van der Waals surface area (Å²) < 4.78 is 7.30. The van der Waals surface area contributed by atoms with Crippen LogP contribution in [0.3, 0.4) is 0 Å². The van der Waals surface area contributed by atoms with Gasteiger partial charge in [-0.3, -0.25) is 14.5 Å². The Hall–Kier alpha value is -3.15. The van der Waals surface area contributed by atoms with Crippen LogP contribution in [0.15, 0.2) is 54.9 Å². The Balaban J connectivity index is 1.71. The number of nitrogens with zero attached hydrogens (tertiary/aromatic N) is 3. The van der Waals surface area contributed by atoms with Crippen molar-refractivity contribution < 1.29 is 9.53 Å². The molecule has 0 unspecified atom stereocenters. The maximum absolute atomic E-state index is 12.4. The van der Waals surface area contributed by atoms with Gasteiger partial charge in [0.05, 0.1) is 30.1 Å². The van der Waals surface area contributed by atoms with Crippen molar-refractivity contribution in [2.45, 2.75) is 13.5 Å². The molecule has 0 aliphatic rings. The summed E-state index contributed by atoms with van der Waals surface area (Å²) >= 11 is 0. The fourth-order valence-electron chi connectivity index (χ4n) is 2.61. The minimum Gasteiger partial charge on any atom is -0.493 e. The Bertz CT molecular complexity index is 859. The van der Waals surface area contributed by atoms with E-state index in [1.165, 1.54) is 0 Å². The number of ether oxygens (including phenoxy) is 1. The van der Waals surface area contributed by atoms with Crippen LogP contribution < -0.4 is 10.1 Å². The highest BCUT2D eigenvalue weighted by molar-refractivity contribution is 5.96. The Labute approximate surface area is 146 Å². The number of aromatic nitrogens is 3. The van der Waals surface area contributed by atoms with Crippen LogP contribution >= 0.6 is 0 Å². The Morgan fingerprint density at radius 2 is 1.96 bits per heavy atom. The fraction of sp³-hybridized carbons (Fsp3) is 0.211. The van der Waals surface area contributed by atoms with E-state index in [0.29, 0.717) is 24.5 Å². The predicted molar refractivity (Wildman–Crippen MR) is 95.2 cm³/mol. The number of rotatable bonds is 6. The first kappa shape index (κ1) is 16.7. The van der Waals surface area contributed by atoms with Crippen LogP contribution in [-0.2, 0) is 13.6 Å². The van der Waals surface area contributed by atoms with E-state index in [2.05, 4.69) is 15.4 Å². The Kier molecular flexibility index (Phi) is 5.09. The molecule has 1 N–H and O–H groups in total. The number of carbonyl (C=O) groups excluding carboxylic acids is 1. The van der Waals surface area contributed by atoms with Gasteiger partial charge in [-0.1, -0.05) is 12.1 Å². The smallest absolute Gasteiger partial charge is 0.255 e. The first-order valence-electron chi connectivity index (χ1n) is 8.12. The van der Waals surface area contributed by atoms with Crippen molar-refractivity contribution in [1.29, 1.82) is 0 Å². The largest absolute Gasteiger partial charge is 0.493 e. The number of hydrogen-bond acceptors (Lipinski definition) is 4. The van der Waals surface area contributed by atoms with Crippen molar-refractivity contribution in [2.24, 2.45) is 7.05 Å². The van der Waals surface area contributed by atoms with Gasteiger partial charge in [-0.15, -0.1) is 0 Å². The second-order valence-corrected chi connectivity index (χ2v) is 5.49. The van der Waals surface area contributed by atoms with E-state index in [4.69, 9.17) is 4.74 Å². The van der Waals surface area contributed by atoms with Gasteiger partial charge in [0.15, 0.2) is 0 Å². The van der Waals surface area contributed by atoms with E-state index in [1.807, 2.05) is 44.3 Å². The van der Waals surface area contributed by atoms with Gasteiger partial charge in [0.25, 0.3) is 5.91 Å². The van der Waals surface area contributed by atoms with Gasteiger partial charge in [-0.2, -0.15) is 5.10 Å². The third-order valence-electron chi connectivity index (χ3n) is 3.77. The summed E-state index contributed by atoms with van der Waals surface area (Å²) in [6.45, 7) is 2.75. The molecule has 6 nitrogen and oxygen atoms in total. The zero-order chi connectivity index (χ0) is 17.6. The van der Waals surface area contributed by atoms with Crippen molar-refractivity contribution in [3.63, 3.8) is 0 Å². The van der Waals surface area contributed by atoms with Crippen LogP contribution in [0.4, 0.5) is 0 Å². The van der Waals surface area contributed by atoms with Crippen LogP contribution in [0.5, 0.6) is 5.75 Å². The van der Waals surface area contributed by atoms with Gasteiger partial charge in [0.2, 0.25) is 0 Å². The number of hydrogen-bond donors (Lipinski definition) is 1. The lowest BCUT2D eigenvalue weighted by atomic mass is 10.1. The number of amides is 1. The molecule has 1 amide bonds. The molecule has 3 aromatic rings. The quantitative estimate of drug-likeness (QED) is 0.751. The number of benzene rings is 1. The molecule has 2 aromatic heterocycles. The predicted octanol–water partition coefficient (Wildman–Crippen LogP) is 2.81. The molecule has 0 fully saturated rings. The zero-order valence-corrected chi connectivity index (χ0v) is 14.3. The summed E-state index contributed by atoms with van der Waals surface area (Å²) in [7, 11) is 1.88. The average Bonchev–Trinajstić information content (AvgIpc) is 3.02. The van der Waals surface area contributed by atoms with Gasteiger partial charge in [0.1, 0.15) is 5.75 Å². The van der Waals surface area contributed by atoms with E-state index in [9.17, 15) is 4.79 Å². The maximum atomic E-state index is 12.4. The van der Waals surface area contributed by atoms with Crippen molar-refractivity contribution >= 4 is 5.91 Å². The molecule has 0 aliphatic heterocycles. The number of pyridine rings is 1. The highest BCUT2D eigenvalue weighted by Crippen LogP contribution is 2.20. The third kappa shape index (κ3) is 3.85. The van der Waals surface area contributed by atoms with Crippen LogP contribution in [0, 0.1) is 0 Å². The van der Waals surface area contributed by atoms with Gasteiger partial charge >= 0.3 is 0 Å². The van der Waals surface area contributed by atoms with Crippen LogP contribution in [-0.4, -0.2) is 27.3 Å². The highest BCUT2D eigenvalue weighted by atomic mass is 16.5. The summed E-state index contributed by atoms with van der Waals surface area (Å²) in [5.74, 6) is 0.404. The van der Waals surface area contributed by atoms with Gasteiger partial charge < -0.3 is 10.1 Å². The molecule has 6 heteroatoms. The zero-order valence-electron chi connectivity index (χ0n) is 14.3. The average molecular weight is 336 g/mol. The standard InChI is InChI=1S/C19H20N4O2/c1-3-25-18-7-5-4-6-16(18)19(24)21-13-15-12-17(23(2)22-15)14-8-10-20-11-9-14/h4-12H,3,13H2,1-2H3,(H,21,24). The number of para-hydroxylation sites is 1. The van der Waals surface area contributed by atoms with Crippen molar-refractivity contribution in [3.8, 4) is 17.0 Å². The monoisotopic (exact) mass is 336 g/mol. The van der Waals surface area contributed by atoms with Crippen molar-refractivity contribution in [2.75, 3.05) is 6.61 Å². The molecule has 0 radical (unpaired) electrons. The minimum atomic E-state index is -0.180. The molecule has 0 saturated heterocycles. The molecule has 0 saturated carbocycles. The van der Waals surface area contributed by atoms with Crippen LogP contribution in [0.25, 0.3) is 11.3 Å². The maximum Gasteiger partial charge on any atom is 0.255 e. The lowest BCUT2D eigenvalue weighted by Crippen LogP contribution is -2.23. The minimum absolute atomic E-state index is 0.180. The molecule has 0 spiro atoms. The first-order chi connectivity index (χ1) is 12.2. The molecule has 0 aliphatic carbocycles. The Morgan fingerprint density at radius 3 is 2.72 bits per heavy atom. The SMILES string of the molecule is CCOc1ccccc1C(=O)NCc1cc(-c2ccncc2)n(C)n1. The molecule has 1 aromatic carbocycles. The van der Waals surface area contributed by atoms with Gasteiger partial charge in [-0.25, -0.2) is 0 Å². The molecule has 0 bridgehead atoms.